The van der Waals surface area contributed by atoms with Crippen molar-refractivity contribution >= 4 is 11.8 Å². The summed E-state index contributed by atoms with van der Waals surface area (Å²) < 4.78 is 37.3. The number of rotatable bonds is 4. The van der Waals surface area contributed by atoms with Crippen LogP contribution < -0.4 is 5.32 Å². The van der Waals surface area contributed by atoms with Gasteiger partial charge in [0, 0.05) is 32.1 Å². The van der Waals surface area contributed by atoms with Crippen LogP contribution in [-0.2, 0) is 9.59 Å². The molecule has 0 unspecified atom stereocenters. The Kier molecular flexibility index (Phi) is 5.54. The number of nitrogens with one attached hydrogen (secondary N) is 1. The van der Waals surface area contributed by atoms with E-state index in [9.17, 15) is 22.8 Å². The van der Waals surface area contributed by atoms with Crippen LogP contribution in [0.15, 0.2) is 0 Å². The Morgan fingerprint density at radius 1 is 1.30 bits per heavy atom. The molecular weight excluding hydrogens is 311 g/mol. The highest BCUT2D eigenvalue weighted by atomic mass is 19.4. The van der Waals surface area contributed by atoms with Crippen molar-refractivity contribution in [2.24, 2.45) is 5.92 Å². The lowest BCUT2D eigenvalue weighted by atomic mass is 9.92. The number of nitrogens with zero attached hydrogens (tertiary/aromatic N) is 2. The van der Waals surface area contributed by atoms with Crippen molar-refractivity contribution in [2.45, 2.75) is 51.4 Å². The molecule has 2 rings (SSSR count). The molecule has 2 fully saturated rings. The van der Waals surface area contributed by atoms with E-state index in [1.54, 1.807) is 0 Å². The lowest BCUT2D eigenvalue weighted by Gasteiger charge is -2.38. The summed E-state index contributed by atoms with van der Waals surface area (Å²) in [7, 11) is 0. The first-order valence-electron chi connectivity index (χ1n) is 8.10. The second-order valence-electron chi connectivity index (χ2n) is 6.45. The number of piperidine rings is 1. The van der Waals surface area contributed by atoms with Gasteiger partial charge in [-0.05, 0) is 18.8 Å². The maximum Gasteiger partial charge on any atom is 0.406 e. The van der Waals surface area contributed by atoms with Gasteiger partial charge < -0.3 is 15.1 Å². The Bertz CT molecular complexity index is 456. The molecule has 0 aromatic heterocycles. The zero-order valence-electron chi connectivity index (χ0n) is 13.5. The van der Waals surface area contributed by atoms with Gasteiger partial charge in [0.15, 0.2) is 0 Å². The molecule has 0 spiro atoms. The second-order valence-corrected chi connectivity index (χ2v) is 6.45. The minimum absolute atomic E-state index is 0.0516. The fraction of sp³-hybridized carbons (Fsp3) is 0.867. The van der Waals surface area contributed by atoms with E-state index < -0.39 is 24.7 Å². The maximum absolute atomic E-state index is 12.4. The van der Waals surface area contributed by atoms with Crippen molar-refractivity contribution in [2.75, 3.05) is 26.2 Å². The third-order valence-corrected chi connectivity index (χ3v) is 4.64. The molecule has 2 amide bonds. The van der Waals surface area contributed by atoms with Crippen molar-refractivity contribution in [3.63, 3.8) is 0 Å². The summed E-state index contributed by atoms with van der Waals surface area (Å²) in [5.41, 5.74) is 0. The number of halogens is 3. The Hall–Kier alpha value is -1.31. The summed E-state index contributed by atoms with van der Waals surface area (Å²) in [6.07, 6.45) is -2.77. The van der Waals surface area contributed by atoms with E-state index in [1.165, 1.54) is 0 Å². The first-order chi connectivity index (χ1) is 10.7. The molecule has 5 nitrogen and oxygen atoms in total. The smallest absolute Gasteiger partial charge is 0.342 e. The van der Waals surface area contributed by atoms with Crippen LogP contribution in [0.3, 0.4) is 0 Å². The molecule has 0 aliphatic carbocycles. The van der Waals surface area contributed by atoms with Crippen molar-refractivity contribution in [3.8, 4) is 0 Å². The molecule has 0 radical (unpaired) electrons. The molecule has 3 atom stereocenters. The number of likely N-dealkylation sites (tertiary alicyclic amines) is 2. The molecule has 1 N–H and O–H groups in total. The fourth-order valence-corrected chi connectivity index (χ4v) is 3.37. The molecule has 2 heterocycles. The lowest BCUT2D eigenvalue weighted by Crippen LogP contribution is -2.54. The van der Waals surface area contributed by atoms with Gasteiger partial charge in [-0.25, -0.2) is 0 Å². The summed E-state index contributed by atoms with van der Waals surface area (Å²) in [6.45, 7) is 4.03. The molecule has 23 heavy (non-hydrogen) atoms. The molecule has 2 saturated heterocycles. The van der Waals surface area contributed by atoms with Crippen LogP contribution in [0.4, 0.5) is 13.2 Å². The molecule has 0 aromatic carbocycles. The lowest BCUT2D eigenvalue weighted by molar-refractivity contribution is -0.158. The van der Waals surface area contributed by atoms with E-state index in [0.29, 0.717) is 25.9 Å². The minimum atomic E-state index is -4.36. The van der Waals surface area contributed by atoms with Crippen LogP contribution in [0.25, 0.3) is 0 Å². The van der Waals surface area contributed by atoms with Crippen molar-refractivity contribution in [1.82, 2.24) is 15.1 Å². The topological polar surface area (TPSA) is 52.7 Å². The van der Waals surface area contributed by atoms with E-state index in [0.717, 1.165) is 11.3 Å². The Labute approximate surface area is 134 Å². The molecule has 132 valence electrons. The van der Waals surface area contributed by atoms with Gasteiger partial charge in [0.25, 0.3) is 0 Å². The van der Waals surface area contributed by atoms with Gasteiger partial charge in [0.1, 0.15) is 6.54 Å². The van der Waals surface area contributed by atoms with Crippen LogP contribution in [0.1, 0.15) is 33.1 Å². The zero-order chi connectivity index (χ0) is 17.2. The predicted octanol–water partition coefficient (Wildman–Crippen LogP) is 1.39. The first-order valence-corrected chi connectivity index (χ1v) is 8.10. The minimum Gasteiger partial charge on any atom is -0.342 e. The highest BCUT2D eigenvalue weighted by molar-refractivity contribution is 5.84. The van der Waals surface area contributed by atoms with E-state index >= 15 is 0 Å². The third kappa shape index (κ3) is 4.59. The van der Waals surface area contributed by atoms with Gasteiger partial charge >= 0.3 is 6.18 Å². The molecule has 8 heteroatoms. The Morgan fingerprint density at radius 2 is 2.00 bits per heavy atom. The quantitative estimate of drug-likeness (QED) is 0.845. The van der Waals surface area contributed by atoms with Gasteiger partial charge in [0.2, 0.25) is 11.8 Å². The van der Waals surface area contributed by atoms with Crippen LogP contribution in [-0.4, -0.2) is 66.1 Å². The predicted molar refractivity (Wildman–Crippen MR) is 78.6 cm³/mol. The second kappa shape index (κ2) is 7.07. The number of carbonyl (C=O) groups is 2. The van der Waals surface area contributed by atoms with Crippen molar-refractivity contribution in [3.05, 3.63) is 0 Å². The zero-order valence-corrected chi connectivity index (χ0v) is 13.5. The third-order valence-electron chi connectivity index (χ3n) is 4.64. The standard InChI is InChI=1S/C15H24F3N3O2/c1-3-13(22)20-6-4-11(10(2)8-20)19-12-5-7-21(14(12)23)9-15(16,17)18/h10-12,19H,3-9H2,1-2H3/t10-,11-,12-/m0/s1. The van der Waals surface area contributed by atoms with Gasteiger partial charge in [-0.1, -0.05) is 13.8 Å². The molecule has 2 aliphatic heterocycles. The molecular formula is C15H24F3N3O2. The number of hydrogen-bond donors (Lipinski definition) is 1. The van der Waals surface area contributed by atoms with E-state index in [-0.39, 0.29) is 24.4 Å². The number of amides is 2. The highest BCUT2D eigenvalue weighted by Crippen LogP contribution is 2.23. The summed E-state index contributed by atoms with van der Waals surface area (Å²) in [5.74, 6) is -0.186. The first kappa shape index (κ1) is 18.0. The average molecular weight is 335 g/mol. The summed E-state index contributed by atoms with van der Waals surface area (Å²) in [6, 6.07) is -0.492. The van der Waals surface area contributed by atoms with Gasteiger partial charge in [-0.15, -0.1) is 0 Å². The molecule has 0 bridgehead atoms. The van der Waals surface area contributed by atoms with Crippen LogP contribution >= 0.6 is 0 Å². The monoisotopic (exact) mass is 335 g/mol. The number of hydrogen-bond acceptors (Lipinski definition) is 3. The van der Waals surface area contributed by atoms with Crippen molar-refractivity contribution in [1.29, 1.82) is 0 Å². The maximum atomic E-state index is 12.4. The Morgan fingerprint density at radius 3 is 2.57 bits per heavy atom. The molecule has 0 saturated carbocycles. The SMILES string of the molecule is CCC(=O)N1CC[C@H](N[C@H]2CCN(CC(F)(F)F)C2=O)[C@@H](C)C1. The van der Waals surface area contributed by atoms with Gasteiger partial charge in [0.05, 0.1) is 6.04 Å². The summed E-state index contributed by atoms with van der Waals surface area (Å²) in [5, 5.41) is 3.21. The van der Waals surface area contributed by atoms with Gasteiger partial charge in [-0.2, -0.15) is 13.2 Å². The summed E-state index contributed by atoms with van der Waals surface area (Å²) >= 11 is 0. The number of alkyl halides is 3. The summed E-state index contributed by atoms with van der Waals surface area (Å²) in [4.78, 5) is 26.5. The fourth-order valence-electron chi connectivity index (χ4n) is 3.37. The van der Waals surface area contributed by atoms with E-state index in [1.807, 2.05) is 18.7 Å². The van der Waals surface area contributed by atoms with Crippen LogP contribution in [0.2, 0.25) is 0 Å². The Balaban J connectivity index is 1.86. The normalized spacial score (nSPS) is 29.3. The van der Waals surface area contributed by atoms with Crippen LogP contribution in [0, 0.1) is 5.92 Å². The van der Waals surface area contributed by atoms with Crippen molar-refractivity contribution < 1.29 is 22.8 Å². The van der Waals surface area contributed by atoms with E-state index in [2.05, 4.69) is 5.32 Å². The molecule has 0 aromatic rings. The largest absolute Gasteiger partial charge is 0.406 e. The molecule has 2 aliphatic rings. The van der Waals surface area contributed by atoms with Gasteiger partial charge in [-0.3, -0.25) is 9.59 Å². The van der Waals surface area contributed by atoms with E-state index in [4.69, 9.17) is 0 Å². The average Bonchev–Trinajstić information content (AvgIpc) is 2.79. The van der Waals surface area contributed by atoms with Crippen LogP contribution in [0.5, 0.6) is 0 Å². The number of carbonyl (C=O) groups excluding carboxylic acids is 2. The highest BCUT2D eigenvalue weighted by Gasteiger charge is 2.40.